The maximum Gasteiger partial charge on any atom is 0.433 e. The molecule has 30 heavy (non-hydrogen) atoms. The quantitative estimate of drug-likeness (QED) is 0.289. The van der Waals surface area contributed by atoms with Crippen LogP contribution in [0.25, 0.3) is 27.3 Å². The molecule has 0 N–H and O–H groups in total. The lowest BCUT2D eigenvalue weighted by Crippen LogP contribution is -2.07. The molecular formula is C20H18ClF3N4S2. The number of alkyl halides is 3. The number of fused-ring (bicyclic) bond motifs is 1. The van der Waals surface area contributed by atoms with Crippen LogP contribution in [0.2, 0.25) is 0 Å². The fourth-order valence-electron chi connectivity index (χ4n) is 2.64. The van der Waals surface area contributed by atoms with Crippen molar-refractivity contribution in [3.05, 3.63) is 52.8 Å². The van der Waals surface area contributed by atoms with Crippen LogP contribution in [-0.4, -0.2) is 25.3 Å². The zero-order chi connectivity index (χ0) is 22.1. The number of hydrogen-bond acceptors (Lipinski definition) is 5. The molecule has 0 saturated carbocycles. The predicted octanol–water partition coefficient (Wildman–Crippen LogP) is 6.93. The molecule has 0 fully saturated rings. The van der Waals surface area contributed by atoms with Crippen molar-refractivity contribution in [2.75, 3.05) is 5.75 Å². The van der Waals surface area contributed by atoms with Crippen LogP contribution in [0.3, 0.4) is 0 Å². The van der Waals surface area contributed by atoms with Crippen LogP contribution in [-0.2, 0) is 13.2 Å². The smallest absolute Gasteiger partial charge is 0.325 e. The molecule has 3 rings (SSSR count). The summed E-state index contributed by atoms with van der Waals surface area (Å²) in [6.45, 7) is 7.54. The third-order valence-electron chi connectivity index (χ3n) is 4.16. The van der Waals surface area contributed by atoms with E-state index < -0.39 is 11.9 Å². The molecule has 0 radical (unpaired) electrons. The first kappa shape index (κ1) is 22.6. The molecule has 4 nitrogen and oxygen atoms in total. The number of rotatable bonds is 6. The van der Waals surface area contributed by atoms with E-state index >= 15 is 0 Å². The monoisotopic (exact) mass is 470 g/mol. The lowest BCUT2D eigenvalue weighted by Gasteiger charge is -2.04. The zero-order valence-electron chi connectivity index (χ0n) is 16.4. The minimum absolute atomic E-state index is 0.241. The Kier molecular flexibility index (Phi) is 6.74. The molecule has 0 bridgehead atoms. The standard InChI is InChI=1S/C20H18ClF3N4S2/c1-5-12(21)8-7-11(3)18-27-19(29-6-2)16(30-18)17-26-13-9-15(20(22,23)24)25-10-14(13)28(17)4/h5,7-10H,1,6H2,2-4H3/b11-7+,12-8+. The summed E-state index contributed by atoms with van der Waals surface area (Å²) in [6.07, 6.45) is 1.81. The van der Waals surface area contributed by atoms with Crippen LogP contribution in [0.1, 0.15) is 24.5 Å². The molecule has 0 aromatic carbocycles. The van der Waals surface area contributed by atoms with Crippen molar-refractivity contribution in [3.63, 3.8) is 0 Å². The topological polar surface area (TPSA) is 43.6 Å². The fourth-order valence-corrected chi connectivity index (χ4v) is 4.68. The van der Waals surface area contributed by atoms with E-state index in [9.17, 15) is 13.2 Å². The van der Waals surface area contributed by atoms with Crippen LogP contribution in [0.5, 0.6) is 0 Å². The number of halogens is 4. The summed E-state index contributed by atoms with van der Waals surface area (Å²) in [7, 11) is 1.76. The Morgan fingerprint density at radius 2 is 2.07 bits per heavy atom. The van der Waals surface area contributed by atoms with Crippen molar-refractivity contribution in [3.8, 4) is 10.7 Å². The first-order valence-corrected chi connectivity index (χ1v) is 11.0. The van der Waals surface area contributed by atoms with Gasteiger partial charge in [-0.15, -0.1) is 23.1 Å². The molecule has 0 saturated heterocycles. The van der Waals surface area contributed by atoms with Gasteiger partial charge in [0.1, 0.15) is 20.6 Å². The number of aromatic nitrogens is 4. The number of nitrogens with zero attached hydrogens (tertiary/aromatic N) is 4. The maximum atomic E-state index is 13.0. The minimum atomic E-state index is -4.52. The highest BCUT2D eigenvalue weighted by atomic mass is 35.5. The van der Waals surface area contributed by atoms with Crippen molar-refractivity contribution >= 4 is 51.3 Å². The van der Waals surface area contributed by atoms with Crippen LogP contribution >= 0.6 is 34.7 Å². The van der Waals surface area contributed by atoms with E-state index in [2.05, 4.69) is 16.5 Å². The molecule has 0 unspecified atom stereocenters. The zero-order valence-corrected chi connectivity index (χ0v) is 18.8. The summed E-state index contributed by atoms with van der Waals surface area (Å²) in [5, 5.41) is 2.08. The normalized spacial score (nSPS) is 13.3. The van der Waals surface area contributed by atoms with Gasteiger partial charge in [0.05, 0.1) is 17.2 Å². The summed E-state index contributed by atoms with van der Waals surface area (Å²) in [5.41, 5.74) is 0.708. The summed E-state index contributed by atoms with van der Waals surface area (Å²) >= 11 is 8.96. The number of imidazole rings is 1. The van der Waals surface area contributed by atoms with Gasteiger partial charge in [-0.2, -0.15) is 13.2 Å². The van der Waals surface area contributed by atoms with E-state index in [1.54, 1.807) is 35.5 Å². The second-order valence-electron chi connectivity index (χ2n) is 6.24. The Hall–Kier alpha value is -2.10. The molecule has 3 heterocycles. The van der Waals surface area contributed by atoms with Gasteiger partial charge in [0.15, 0.2) is 5.82 Å². The van der Waals surface area contributed by atoms with Gasteiger partial charge in [0.25, 0.3) is 0 Å². The summed E-state index contributed by atoms with van der Waals surface area (Å²) in [5.74, 6) is 1.35. The molecule has 158 valence electrons. The Balaban J connectivity index is 2.12. The average Bonchev–Trinajstić information content (AvgIpc) is 3.26. The minimum Gasteiger partial charge on any atom is -0.325 e. The lowest BCUT2D eigenvalue weighted by molar-refractivity contribution is -0.141. The van der Waals surface area contributed by atoms with Crippen molar-refractivity contribution in [1.82, 2.24) is 19.5 Å². The molecule has 10 heteroatoms. The summed E-state index contributed by atoms with van der Waals surface area (Å²) in [6, 6.07) is 0.973. The molecule has 3 aromatic heterocycles. The van der Waals surface area contributed by atoms with Crippen molar-refractivity contribution in [1.29, 1.82) is 0 Å². The van der Waals surface area contributed by atoms with Crippen molar-refractivity contribution in [2.24, 2.45) is 7.05 Å². The molecule has 3 aromatic rings. The number of aryl methyl sites for hydroxylation is 1. The van der Waals surface area contributed by atoms with E-state index in [0.717, 1.165) is 32.3 Å². The number of hydrogen-bond donors (Lipinski definition) is 0. The van der Waals surface area contributed by atoms with E-state index in [1.807, 2.05) is 19.9 Å². The van der Waals surface area contributed by atoms with Crippen LogP contribution in [0.4, 0.5) is 13.2 Å². The maximum absolute atomic E-state index is 13.0. The van der Waals surface area contributed by atoms with Crippen molar-refractivity contribution < 1.29 is 13.2 Å². The van der Waals surface area contributed by atoms with Gasteiger partial charge in [-0.1, -0.05) is 37.3 Å². The Labute approximate surface area is 185 Å². The highest BCUT2D eigenvalue weighted by Gasteiger charge is 2.33. The fraction of sp³-hybridized carbons (Fsp3) is 0.250. The van der Waals surface area contributed by atoms with E-state index in [-0.39, 0.29) is 5.52 Å². The van der Waals surface area contributed by atoms with Crippen molar-refractivity contribution in [2.45, 2.75) is 25.0 Å². The van der Waals surface area contributed by atoms with Gasteiger partial charge in [0.2, 0.25) is 0 Å². The first-order chi connectivity index (χ1) is 14.2. The highest BCUT2D eigenvalue weighted by molar-refractivity contribution is 7.99. The molecule has 0 spiro atoms. The Bertz CT molecular complexity index is 1160. The first-order valence-electron chi connectivity index (χ1n) is 8.86. The number of thiazole rings is 1. The lowest BCUT2D eigenvalue weighted by atomic mass is 10.3. The summed E-state index contributed by atoms with van der Waals surface area (Å²) < 4.78 is 40.8. The summed E-state index contributed by atoms with van der Waals surface area (Å²) in [4.78, 5) is 13.5. The molecular weight excluding hydrogens is 453 g/mol. The Morgan fingerprint density at radius 1 is 1.33 bits per heavy atom. The van der Waals surface area contributed by atoms with Gasteiger partial charge < -0.3 is 4.57 Å². The predicted molar refractivity (Wildman–Crippen MR) is 119 cm³/mol. The average molecular weight is 471 g/mol. The van der Waals surface area contributed by atoms with Gasteiger partial charge >= 0.3 is 6.18 Å². The molecule has 0 aliphatic rings. The highest BCUT2D eigenvalue weighted by Crippen LogP contribution is 2.39. The SMILES string of the molecule is C=C/C(Cl)=C\C=C(/C)c1nc(SCC)c(-c2nc3cc(C(F)(F)F)ncc3n2C)s1. The third kappa shape index (κ3) is 4.63. The molecule has 0 aliphatic carbocycles. The van der Waals surface area contributed by atoms with Gasteiger partial charge in [-0.3, -0.25) is 0 Å². The Morgan fingerprint density at radius 3 is 2.70 bits per heavy atom. The molecule has 0 amide bonds. The number of pyridine rings is 1. The van der Waals surface area contributed by atoms with E-state index in [4.69, 9.17) is 16.6 Å². The van der Waals surface area contributed by atoms with Gasteiger partial charge in [0, 0.05) is 12.1 Å². The largest absolute Gasteiger partial charge is 0.433 e. The second kappa shape index (κ2) is 8.95. The van der Waals surface area contributed by atoms with Gasteiger partial charge in [-0.25, -0.2) is 15.0 Å². The van der Waals surface area contributed by atoms with Gasteiger partial charge in [-0.05, 0) is 30.4 Å². The number of allylic oxidation sites excluding steroid dienone is 5. The van der Waals surface area contributed by atoms with Crippen LogP contribution < -0.4 is 0 Å². The number of thioether (sulfide) groups is 1. The third-order valence-corrected chi connectivity index (χ3v) is 6.62. The van der Waals surface area contributed by atoms with E-state index in [1.165, 1.54) is 17.5 Å². The second-order valence-corrected chi connectivity index (χ2v) is 8.93. The van der Waals surface area contributed by atoms with Crippen LogP contribution in [0.15, 0.2) is 47.1 Å². The van der Waals surface area contributed by atoms with E-state index in [0.29, 0.717) is 16.4 Å². The molecule has 0 aliphatic heterocycles. The molecule has 0 atom stereocenters. The van der Waals surface area contributed by atoms with Crippen LogP contribution in [0, 0.1) is 0 Å².